The molecule has 2 N–H and O–H groups in total. The topological polar surface area (TPSA) is 92.3 Å². The van der Waals surface area contributed by atoms with E-state index in [1.807, 2.05) is 24.3 Å². The summed E-state index contributed by atoms with van der Waals surface area (Å²) in [6.45, 7) is 4.95. The molecule has 0 aliphatic carbocycles. The van der Waals surface area contributed by atoms with E-state index in [0.29, 0.717) is 23.9 Å². The van der Waals surface area contributed by atoms with E-state index in [0.717, 1.165) is 50.4 Å². The third-order valence-corrected chi connectivity index (χ3v) is 5.23. The molecule has 1 aliphatic rings. The van der Waals surface area contributed by atoms with Crippen molar-refractivity contribution in [1.82, 2.24) is 15.6 Å². The maximum atomic E-state index is 11.8. The highest BCUT2D eigenvalue weighted by Crippen LogP contribution is 2.18. The van der Waals surface area contributed by atoms with Crippen LogP contribution in [-0.2, 0) is 20.9 Å². The zero-order valence-corrected chi connectivity index (χ0v) is 18.5. The second kappa shape index (κ2) is 12.8. The molecule has 0 bridgehead atoms. The average Bonchev–Trinajstić information content (AvgIpc) is 2.82. The maximum Gasteiger partial charge on any atom is 0.329 e. The van der Waals surface area contributed by atoms with E-state index >= 15 is 0 Å². The molecule has 2 aromatic rings. The van der Waals surface area contributed by atoms with Crippen LogP contribution in [0.15, 0.2) is 53.6 Å². The van der Waals surface area contributed by atoms with Gasteiger partial charge in [0.2, 0.25) is 0 Å². The van der Waals surface area contributed by atoms with Gasteiger partial charge in [0.25, 0.3) is 0 Å². The summed E-state index contributed by atoms with van der Waals surface area (Å²) in [6.07, 6.45) is 2.23. The van der Waals surface area contributed by atoms with Crippen molar-refractivity contribution in [2.24, 2.45) is 5.10 Å². The average molecular weight is 459 g/mol. The van der Waals surface area contributed by atoms with E-state index in [2.05, 4.69) is 20.7 Å². The Labute approximate surface area is 192 Å². The molecule has 0 radical (unpaired) electrons. The Hall–Kier alpha value is -2.94. The van der Waals surface area contributed by atoms with Crippen LogP contribution in [0.25, 0.3) is 0 Å². The van der Waals surface area contributed by atoms with Crippen LogP contribution in [0.5, 0.6) is 5.75 Å². The van der Waals surface area contributed by atoms with Gasteiger partial charge in [0.1, 0.15) is 12.4 Å². The number of nitrogens with zero attached hydrogens (tertiary/aromatic N) is 2. The van der Waals surface area contributed by atoms with E-state index in [4.69, 9.17) is 21.1 Å². The minimum atomic E-state index is -0.799. The Morgan fingerprint density at radius 2 is 1.84 bits per heavy atom. The van der Waals surface area contributed by atoms with Crippen molar-refractivity contribution in [2.75, 3.05) is 39.4 Å². The number of carbonyl (C=O) groups excluding carboxylic acids is 2. The molecule has 1 saturated heterocycles. The fraction of sp³-hybridized carbons (Fsp3) is 0.348. The van der Waals surface area contributed by atoms with Crippen molar-refractivity contribution < 1.29 is 19.1 Å². The molecular formula is C23H27ClN4O4. The predicted octanol–water partition coefficient (Wildman–Crippen LogP) is 2.21. The van der Waals surface area contributed by atoms with E-state index in [9.17, 15) is 9.59 Å². The molecule has 1 aliphatic heterocycles. The number of benzene rings is 2. The van der Waals surface area contributed by atoms with Crippen LogP contribution in [0.4, 0.5) is 0 Å². The molecule has 3 rings (SSSR count). The standard InChI is InChI=1S/C23H27ClN4O4/c24-21-5-2-1-4-19(21)17-32-20-8-6-18(7-9-20)16-26-27-23(30)22(29)25-10-3-11-28-12-14-31-15-13-28/h1-2,4-9,16H,3,10-15,17H2,(H,25,29)(H,27,30)/b26-16-. The van der Waals surface area contributed by atoms with E-state index in [1.54, 1.807) is 24.3 Å². The lowest BCUT2D eigenvalue weighted by molar-refractivity contribution is -0.139. The molecule has 2 aromatic carbocycles. The third kappa shape index (κ3) is 7.96. The maximum absolute atomic E-state index is 11.8. The van der Waals surface area contributed by atoms with Gasteiger partial charge in [-0.05, 0) is 48.9 Å². The molecule has 170 valence electrons. The summed E-state index contributed by atoms with van der Waals surface area (Å²) in [4.78, 5) is 25.9. The highest BCUT2D eigenvalue weighted by Gasteiger charge is 2.13. The van der Waals surface area contributed by atoms with Gasteiger partial charge in [-0.2, -0.15) is 5.10 Å². The number of amides is 2. The van der Waals surface area contributed by atoms with Gasteiger partial charge in [0.15, 0.2) is 0 Å². The molecule has 0 unspecified atom stereocenters. The quantitative estimate of drug-likeness (QED) is 0.260. The van der Waals surface area contributed by atoms with Crippen molar-refractivity contribution >= 4 is 29.6 Å². The molecule has 32 heavy (non-hydrogen) atoms. The van der Waals surface area contributed by atoms with Gasteiger partial charge < -0.3 is 14.8 Å². The largest absolute Gasteiger partial charge is 0.489 e. The summed E-state index contributed by atoms with van der Waals surface area (Å²) in [6, 6.07) is 14.7. The number of rotatable bonds is 9. The Morgan fingerprint density at radius 3 is 2.59 bits per heavy atom. The van der Waals surface area contributed by atoms with Crippen LogP contribution in [0.1, 0.15) is 17.5 Å². The van der Waals surface area contributed by atoms with Crippen LogP contribution in [0.3, 0.4) is 0 Å². The lowest BCUT2D eigenvalue weighted by atomic mass is 10.2. The summed E-state index contributed by atoms with van der Waals surface area (Å²) in [5, 5.41) is 7.09. The van der Waals surface area contributed by atoms with Crippen LogP contribution in [0, 0.1) is 0 Å². The molecule has 0 saturated carbocycles. The fourth-order valence-electron chi connectivity index (χ4n) is 3.05. The number of ether oxygens (including phenoxy) is 2. The second-order valence-electron chi connectivity index (χ2n) is 7.21. The second-order valence-corrected chi connectivity index (χ2v) is 7.62. The first-order chi connectivity index (χ1) is 15.6. The predicted molar refractivity (Wildman–Crippen MR) is 123 cm³/mol. The first-order valence-corrected chi connectivity index (χ1v) is 10.9. The molecular weight excluding hydrogens is 432 g/mol. The number of nitrogens with one attached hydrogen (secondary N) is 2. The van der Waals surface area contributed by atoms with Gasteiger partial charge in [-0.3, -0.25) is 14.5 Å². The molecule has 1 fully saturated rings. The lowest BCUT2D eigenvalue weighted by Crippen LogP contribution is -2.40. The van der Waals surface area contributed by atoms with Crippen LogP contribution in [-0.4, -0.2) is 62.3 Å². The first kappa shape index (κ1) is 23.7. The number of halogens is 1. The van der Waals surface area contributed by atoms with Gasteiger partial charge in [-0.1, -0.05) is 29.8 Å². The summed E-state index contributed by atoms with van der Waals surface area (Å²) in [5.74, 6) is -0.817. The van der Waals surface area contributed by atoms with Crippen molar-refractivity contribution in [3.05, 3.63) is 64.7 Å². The van der Waals surface area contributed by atoms with Crippen LogP contribution < -0.4 is 15.5 Å². The van der Waals surface area contributed by atoms with Crippen molar-refractivity contribution in [3.8, 4) is 5.75 Å². The van der Waals surface area contributed by atoms with Crippen LogP contribution in [0.2, 0.25) is 5.02 Å². The summed E-state index contributed by atoms with van der Waals surface area (Å²) < 4.78 is 11.0. The summed E-state index contributed by atoms with van der Waals surface area (Å²) in [7, 11) is 0. The SMILES string of the molecule is O=C(NCCCN1CCOCC1)C(=O)N/N=C\c1ccc(OCc2ccccc2Cl)cc1. The number of hydrogen-bond donors (Lipinski definition) is 2. The molecule has 0 spiro atoms. The minimum absolute atomic E-state index is 0.366. The number of carbonyl (C=O) groups is 2. The third-order valence-electron chi connectivity index (χ3n) is 4.86. The minimum Gasteiger partial charge on any atom is -0.489 e. The Morgan fingerprint density at radius 1 is 1.09 bits per heavy atom. The molecule has 0 atom stereocenters. The Kier molecular flexibility index (Phi) is 9.49. The Bertz CT molecular complexity index is 914. The highest BCUT2D eigenvalue weighted by atomic mass is 35.5. The van der Waals surface area contributed by atoms with E-state index in [-0.39, 0.29) is 0 Å². The zero-order valence-electron chi connectivity index (χ0n) is 17.8. The molecule has 2 amide bonds. The number of morpholine rings is 1. The molecule has 8 nitrogen and oxygen atoms in total. The normalized spacial score (nSPS) is 14.3. The van der Waals surface area contributed by atoms with Crippen LogP contribution >= 0.6 is 11.6 Å². The monoisotopic (exact) mass is 458 g/mol. The van der Waals surface area contributed by atoms with Gasteiger partial charge in [-0.15, -0.1) is 0 Å². The van der Waals surface area contributed by atoms with E-state index in [1.165, 1.54) is 6.21 Å². The van der Waals surface area contributed by atoms with E-state index < -0.39 is 11.8 Å². The van der Waals surface area contributed by atoms with Gasteiger partial charge >= 0.3 is 11.8 Å². The highest BCUT2D eigenvalue weighted by molar-refractivity contribution is 6.35. The smallest absolute Gasteiger partial charge is 0.329 e. The van der Waals surface area contributed by atoms with Crippen molar-refractivity contribution in [1.29, 1.82) is 0 Å². The first-order valence-electron chi connectivity index (χ1n) is 10.5. The summed E-state index contributed by atoms with van der Waals surface area (Å²) in [5.41, 5.74) is 3.89. The number of hydrazone groups is 1. The molecule has 9 heteroatoms. The van der Waals surface area contributed by atoms with Gasteiger partial charge in [0, 0.05) is 30.2 Å². The summed E-state index contributed by atoms with van der Waals surface area (Å²) >= 11 is 6.12. The van der Waals surface area contributed by atoms with Gasteiger partial charge in [0.05, 0.1) is 19.4 Å². The number of hydrogen-bond acceptors (Lipinski definition) is 6. The van der Waals surface area contributed by atoms with Gasteiger partial charge in [-0.25, -0.2) is 5.43 Å². The van der Waals surface area contributed by atoms with Crippen molar-refractivity contribution in [3.63, 3.8) is 0 Å². The lowest BCUT2D eigenvalue weighted by Gasteiger charge is -2.26. The zero-order chi connectivity index (χ0) is 22.6. The Balaban J connectivity index is 1.34. The molecule has 1 heterocycles. The van der Waals surface area contributed by atoms with Crippen molar-refractivity contribution in [2.45, 2.75) is 13.0 Å². The fourth-order valence-corrected chi connectivity index (χ4v) is 3.24. The molecule has 0 aromatic heterocycles.